The van der Waals surface area contributed by atoms with Crippen LogP contribution in [-0.4, -0.2) is 15.9 Å². The Labute approximate surface area is 92.6 Å². The van der Waals surface area contributed by atoms with Gasteiger partial charge in [0, 0.05) is 11.2 Å². The van der Waals surface area contributed by atoms with Gasteiger partial charge >= 0.3 is 0 Å². The number of hydrogen-bond acceptors (Lipinski definition) is 2. The van der Waals surface area contributed by atoms with E-state index < -0.39 is 0 Å². The number of benzene rings is 1. The SMILES string of the molecule is O=C1CC(O)=CN1Cc1ccc(Cl)cc1. The molecule has 1 aliphatic rings. The molecule has 1 aromatic carbocycles. The molecule has 0 aliphatic carbocycles. The summed E-state index contributed by atoms with van der Waals surface area (Å²) in [5.41, 5.74) is 0.985. The lowest BCUT2D eigenvalue weighted by molar-refractivity contribution is -0.127. The molecule has 0 radical (unpaired) electrons. The van der Waals surface area contributed by atoms with Gasteiger partial charge in [0.15, 0.2) is 0 Å². The second kappa shape index (κ2) is 3.95. The van der Waals surface area contributed by atoms with E-state index in [4.69, 9.17) is 16.7 Å². The van der Waals surface area contributed by atoms with Crippen LogP contribution in [0, 0.1) is 0 Å². The maximum absolute atomic E-state index is 11.3. The minimum Gasteiger partial charge on any atom is -0.510 e. The van der Waals surface area contributed by atoms with Crippen LogP contribution in [-0.2, 0) is 11.3 Å². The molecule has 1 amide bonds. The smallest absolute Gasteiger partial charge is 0.234 e. The number of carbonyl (C=O) groups is 1. The molecule has 0 spiro atoms. The van der Waals surface area contributed by atoms with Crippen molar-refractivity contribution in [3.8, 4) is 0 Å². The maximum Gasteiger partial charge on any atom is 0.234 e. The van der Waals surface area contributed by atoms with E-state index in [1.54, 1.807) is 12.1 Å². The van der Waals surface area contributed by atoms with Crippen LogP contribution in [0.4, 0.5) is 0 Å². The first-order valence-corrected chi connectivity index (χ1v) is 4.96. The summed E-state index contributed by atoms with van der Waals surface area (Å²) < 4.78 is 0. The highest BCUT2D eigenvalue weighted by atomic mass is 35.5. The molecule has 1 N–H and O–H groups in total. The highest BCUT2D eigenvalue weighted by Gasteiger charge is 2.20. The van der Waals surface area contributed by atoms with E-state index in [1.807, 2.05) is 12.1 Å². The summed E-state index contributed by atoms with van der Waals surface area (Å²) in [6, 6.07) is 7.28. The molecule has 0 saturated heterocycles. The van der Waals surface area contributed by atoms with E-state index in [-0.39, 0.29) is 18.1 Å². The normalized spacial score (nSPS) is 15.7. The van der Waals surface area contributed by atoms with Crippen molar-refractivity contribution < 1.29 is 9.90 Å². The molecule has 0 bridgehead atoms. The third kappa shape index (κ3) is 2.30. The van der Waals surface area contributed by atoms with E-state index in [2.05, 4.69) is 0 Å². The Morgan fingerprint density at radius 3 is 2.53 bits per heavy atom. The minimum atomic E-state index is -0.0811. The molecule has 0 fully saturated rings. The molecular weight excluding hydrogens is 214 g/mol. The molecule has 78 valence electrons. The largest absolute Gasteiger partial charge is 0.510 e. The van der Waals surface area contributed by atoms with Crippen LogP contribution in [0.1, 0.15) is 12.0 Å². The van der Waals surface area contributed by atoms with Crippen molar-refractivity contribution in [1.82, 2.24) is 4.90 Å². The molecule has 4 heteroatoms. The fourth-order valence-corrected chi connectivity index (χ4v) is 1.60. The van der Waals surface area contributed by atoms with Gasteiger partial charge < -0.3 is 10.0 Å². The second-order valence-corrected chi connectivity index (χ2v) is 3.88. The van der Waals surface area contributed by atoms with Crippen LogP contribution in [0.5, 0.6) is 0 Å². The van der Waals surface area contributed by atoms with Crippen LogP contribution in [0.2, 0.25) is 5.02 Å². The van der Waals surface area contributed by atoms with Crippen LogP contribution < -0.4 is 0 Å². The van der Waals surface area contributed by atoms with E-state index in [1.165, 1.54) is 11.1 Å². The number of hydrogen-bond donors (Lipinski definition) is 1. The number of halogens is 1. The average Bonchev–Trinajstić information content (AvgIpc) is 2.49. The Kier molecular flexibility index (Phi) is 2.64. The van der Waals surface area contributed by atoms with Crippen molar-refractivity contribution in [3.63, 3.8) is 0 Å². The van der Waals surface area contributed by atoms with Gasteiger partial charge in [-0.25, -0.2) is 0 Å². The van der Waals surface area contributed by atoms with E-state index >= 15 is 0 Å². The Morgan fingerprint density at radius 2 is 2.00 bits per heavy atom. The topological polar surface area (TPSA) is 40.5 Å². The van der Waals surface area contributed by atoms with Crippen molar-refractivity contribution in [2.45, 2.75) is 13.0 Å². The van der Waals surface area contributed by atoms with Gasteiger partial charge in [-0.1, -0.05) is 23.7 Å². The number of carbonyl (C=O) groups excluding carboxylic acids is 1. The highest BCUT2D eigenvalue weighted by Crippen LogP contribution is 2.17. The molecule has 0 unspecified atom stereocenters. The molecule has 0 aromatic heterocycles. The van der Waals surface area contributed by atoms with E-state index in [0.29, 0.717) is 11.6 Å². The zero-order valence-corrected chi connectivity index (χ0v) is 8.74. The lowest BCUT2D eigenvalue weighted by Gasteiger charge is -2.12. The van der Waals surface area contributed by atoms with Crippen molar-refractivity contribution in [2.24, 2.45) is 0 Å². The maximum atomic E-state index is 11.3. The first-order valence-electron chi connectivity index (χ1n) is 4.59. The molecule has 1 aromatic rings. The number of amides is 1. The van der Waals surface area contributed by atoms with E-state index in [9.17, 15) is 4.79 Å². The van der Waals surface area contributed by atoms with Crippen LogP contribution >= 0.6 is 11.6 Å². The molecule has 1 heterocycles. The molecule has 0 atom stereocenters. The Hall–Kier alpha value is -1.48. The van der Waals surface area contributed by atoms with Gasteiger partial charge in [0.2, 0.25) is 5.91 Å². The van der Waals surface area contributed by atoms with Crippen molar-refractivity contribution in [1.29, 1.82) is 0 Å². The zero-order valence-electron chi connectivity index (χ0n) is 7.98. The standard InChI is InChI=1S/C11H10ClNO2/c12-9-3-1-8(2-4-9)6-13-7-10(14)5-11(13)15/h1-4,7,14H,5-6H2. The monoisotopic (exact) mass is 223 g/mol. The summed E-state index contributed by atoms with van der Waals surface area (Å²) in [4.78, 5) is 12.8. The first kappa shape index (κ1) is 10.1. The van der Waals surface area contributed by atoms with Gasteiger partial charge in [-0.2, -0.15) is 0 Å². The average molecular weight is 224 g/mol. The third-order valence-corrected chi connectivity index (χ3v) is 2.48. The number of aliphatic hydroxyl groups excluding tert-OH is 1. The van der Waals surface area contributed by atoms with Crippen LogP contribution in [0.15, 0.2) is 36.2 Å². The predicted octanol–water partition coefficient (Wildman–Crippen LogP) is 2.47. The van der Waals surface area contributed by atoms with Crippen molar-refractivity contribution in [2.75, 3.05) is 0 Å². The summed E-state index contributed by atoms with van der Waals surface area (Å²) in [5.74, 6) is 0.0383. The zero-order chi connectivity index (χ0) is 10.8. The highest BCUT2D eigenvalue weighted by molar-refractivity contribution is 6.30. The molecule has 0 saturated carbocycles. The Bertz CT molecular complexity index is 411. The van der Waals surface area contributed by atoms with Gasteiger partial charge in [-0.05, 0) is 17.7 Å². The molecule has 1 aliphatic heterocycles. The molecule has 3 nitrogen and oxygen atoms in total. The summed E-state index contributed by atoms with van der Waals surface area (Å²) in [5, 5.41) is 9.84. The number of rotatable bonds is 2. The summed E-state index contributed by atoms with van der Waals surface area (Å²) in [6.07, 6.45) is 1.57. The third-order valence-electron chi connectivity index (χ3n) is 2.22. The predicted molar refractivity (Wildman–Crippen MR) is 57.3 cm³/mol. The summed E-state index contributed by atoms with van der Waals surface area (Å²) in [7, 11) is 0. The fraction of sp³-hybridized carbons (Fsp3) is 0.182. The summed E-state index contributed by atoms with van der Waals surface area (Å²) >= 11 is 5.75. The number of nitrogens with zero attached hydrogens (tertiary/aromatic N) is 1. The van der Waals surface area contributed by atoms with Gasteiger partial charge in [0.25, 0.3) is 0 Å². The molecule has 2 rings (SSSR count). The van der Waals surface area contributed by atoms with Crippen molar-refractivity contribution >= 4 is 17.5 Å². The van der Waals surface area contributed by atoms with Gasteiger partial charge in [0.05, 0.1) is 13.0 Å². The van der Waals surface area contributed by atoms with E-state index in [0.717, 1.165) is 5.56 Å². The Balaban J connectivity index is 2.09. The fourth-order valence-electron chi connectivity index (χ4n) is 1.47. The lowest BCUT2D eigenvalue weighted by atomic mass is 10.2. The lowest BCUT2D eigenvalue weighted by Crippen LogP contribution is -2.20. The second-order valence-electron chi connectivity index (χ2n) is 3.45. The Morgan fingerprint density at radius 1 is 1.33 bits per heavy atom. The van der Waals surface area contributed by atoms with Crippen molar-refractivity contribution in [3.05, 3.63) is 46.8 Å². The first-order chi connectivity index (χ1) is 7.15. The summed E-state index contributed by atoms with van der Waals surface area (Å²) in [6.45, 7) is 0.472. The van der Waals surface area contributed by atoms with Gasteiger partial charge in [-0.3, -0.25) is 4.79 Å². The van der Waals surface area contributed by atoms with Crippen LogP contribution in [0.25, 0.3) is 0 Å². The molecule has 15 heavy (non-hydrogen) atoms. The van der Waals surface area contributed by atoms with Gasteiger partial charge in [-0.15, -0.1) is 0 Å². The van der Waals surface area contributed by atoms with Crippen LogP contribution in [0.3, 0.4) is 0 Å². The quantitative estimate of drug-likeness (QED) is 0.837. The molecular formula is C11H10ClNO2. The van der Waals surface area contributed by atoms with Gasteiger partial charge in [0.1, 0.15) is 5.76 Å². The number of aliphatic hydroxyl groups is 1. The minimum absolute atomic E-state index is 0.0811.